The second kappa shape index (κ2) is 12.9. The van der Waals surface area contributed by atoms with Crippen LogP contribution in [0.4, 0.5) is 10.1 Å². The summed E-state index contributed by atoms with van der Waals surface area (Å²) in [5, 5.41) is 2.86. The molecule has 0 aliphatic rings. The molecule has 3 aromatic carbocycles. The number of hydrogen-bond acceptors (Lipinski definition) is 4. The van der Waals surface area contributed by atoms with Crippen molar-refractivity contribution in [2.24, 2.45) is 0 Å². The molecule has 3 aromatic rings. The van der Waals surface area contributed by atoms with Crippen LogP contribution in [-0.2, 0) is 26.2 Å². The van der Waals surface area contributed by atoms with Crippen LogP contribution in [0, 0.1) is 19.7 Å². The van der Waals surface area contributed by atoms with Crippen molar-refractivity contribution < 1.29 is 22.4 Å². The third kappa shape index (κ3) is 7.23. The van der Waals surface area contributed by atoms with E-state index in [-0.39, 0.29) is 23.4 Å². The summed E-state index contributed by atoms with van der Waals surface area (Å²) in [6.07, 6.45) is 0.306. The standard InChI is InChI=1S/C30H36FN3O4S/c1-6-27(30(36)32-21(2)3)33(19-24-15-17-25(31)18-16-24)29(35)20-34(28-14-10-11-22(4)23(28)5)39(37,38)26-12-8-7-9-13-26/h7-18,21,27H,6,19-20H2,1-5H3,(H,32,36)/t27-/m0/s1. The molecule has 0 aliphatic carbocycles. The fourth-order valence-electron chi connectivity index (χ4n) is 4.33. The number of benzene rings is 3. The number of hydrogen-bond donors (Lipinski definition) is 1. The average Bonchev–Trinajstić information content (AvgIpc) is 2.90. The van der Waals surface area contributed by atoms with Crippen LogP contribution >= 0.6 is 0 Å². The summed E-state index contributed by atoms with van der Waals surface area (Å²) in [6.45, 7) is 8.61. The molecule has 9 heteroatoms. The maximum absolute atomic E-state index is 14.0. The van der Waals surface area contributed by atoms with Crippen LogP contribution in [-0.4, -0.2) is 43.8 Å². The predicted molar refractivity (Wildman–Crippen MR) is 151 cm³/mol. The first-order valence-electron chi connectivity index (χ1n) is 12.9. The summed E-state index contributed by atoms with van der Waals surface area (Å²) >= 11 is 0. The molecule has 0 aromatic heterocycles. The topological polar surface area (TPSA) is 86.8 Å². The van der Waals surface area contributed by atoms with Gasteiger partial charge in [0, 0.05) is 12.6 Å². The number of nitrogens with zero attached hydrogens (tertiary/aromatic N) is 2. The number of sulfonamides is 1. The van der Waals surface area contributed by atoms with Gasteiger partial charge in [-0.25, -0.2) is 12.8 Å². The van der Waals surface area contributed by atoms with E-state index in [2.05, 4.69) is 5.32 Å². The number of halogens is 1. The lowest BCUT2D eigenvalue weighted by Crippen LogP contribution is -2.53. The lowest BCUT2D eigenvalue weighted by atomic mass is 10.1. The third-order valence-corrected chi connectivity index (χ3v) is 8.31. The summed E-state index contributed by atoms with van der Waals surface area (Å²) in [6, 6.07) is 17.9. The SMILES string of the molecule is CC[C@@H](C(=O)NC(C)C)N(Cc1ccc(F)cc1)C(=O)CN(c1cccc(C)c1C)S(=O)(=O)c1ccccc1. The van der Waals surface area contributed by atoms with Crippen LogP contribution in [0.5, 0.6) is 0 Å². The fraction of sp³-hybridized carbons (Fsp3) is 0.333. The summed E-state index contributed by atoms with van der Waals surface area (Å²) < 4.78 is 42.5. The molecule has 1 N–H and O–H groups in total. The van der Waals surface area contributed by atoms with Gasteiger partial charge in [-0.3, -0.25) is 13.9 Å². The van der Waals surface area contributed by atoms with E-state index in [1.165, 1.54) is 29.2 Å². The van der Waals surface area contributed by atoms with E-state index in [0.29, 0.717) is 17.7 Å². The monoisotopic (exact) mass is 553 g/mol. The van der Waals surface area contributed by atoms with Crippen molar-refractivity contribution in [2.75, 3.05) is 10.8 Å². The highest BCUT2D eigenvalue weighted by atomic mass is 32.2. The quantitative estimate of drug-likeness (QED) is 0.363. The molecule has 0 fully saturated rings. The highest BCUT2D eigenvalue weighted by Crippen LogP contribution is 2.29. The molecule has 0 saturated carbocycles. The minimum absolute atomic E-state index is 0.00909. The Kier molecular flexibility index (Phi) is 9.86. The first-order valence-corrected chi connectivity index (χ1v) is 14.4. The Balaban J connectivity index is 2.09. The van der Waals surface area contributed by atoms with Crippen LogP contribution < -0.4 is 9.62 Å². The molecule has 3 rings (SSSR count). The van der Waals surface area contributed by atoms with Crippen LogP contribution in [0.25, 0.3) is 0 Å². The zero-order valence-corrected chi connectivity index (χ0v) is 23.8. The molecule has 1 atom stereocenters. The van der Waals surface area contributed by atoms with Gasteiger partial charge < -0.3 is 10.2 Å². The molecule has 0 bridgehead atoms. The smallest absolute Gasteiger partial charge is 0.264 e. The highest BCUT2D eigenvalue weighted by Gasteiger charge is 2.34. The summed E-state index contributed by atoms with van der Waals surface area (Å²) in [5.74, 6) is -1.31. The molecule has 0 saturated heterocycles. The van der Waals surface area contributed by atoms with E-state index >= 15 is 0 Å². The van der Waals surface area contributed by atoms with E-state index in [0.717, 1.165) is 15.4 Å². The molecule has 7 nitrogen and oxygen atoms in total. The van der Waals surface area contributed by atoms with Crippen molar-refractivity contribution in [3.63, 3.8) is 0 Å². The number of rotatable bonds is 11. The zero-order chi connectivity index (χ0) is 28.7. The molecular formula is C30H36FN3O4S. The van der Waals surface area contributed by atoms with Crippen molar-refractivity contribution in [1.82, 2.24) is 10.2 Å². The lowest BCUT2D eigenvalue weighted by molar-refractivity contribution is -0.140. The zero-order valence-electron chi connectivity index (χ0n) is 23.0. The summed E-state index contributed by atoms with van der Waals surface area (Å²) in [5.41, 5.74) is 2.59. The van der Waals surface area contributed by atoms with Gasteiger partial charge in [-0.2, -0.15) is 0 Å². The number of carbonyl (C=O) groups is 2. The van der Waals surface area contributed by atoms with Gasteiger partial charge in [-0.1, -0.05) is 49.4 Å². The fourth-order valence-corrected chi connectivity index (χ4v) is 5.82. The average molecular weight is 554 g/mol. The van der Waals surface area contributed by atoms with Crippen molar-refractivity contribution in [3.05, 3.63) is 95.3 Å². The maximum atomic E-state index is 14.0. The van der Waals surface area contributed by atoms with E-state index in [4.69, 9.17) is 0 Å². The van der Waals surface area contributed by atoms with E-state index in [9.17, 15) is 22.4 Å². The summed E-state index contributed by atoms with van der Waals surface area (Å²) in [4.78, 5) is 28.6. The van der Waals surface area contributed by atoms with Crippen molar-refractivity contribution in [1.29, 1.82) is 0 Å². The van der Waals surface area contributed by atoms with Gasteiger partial charge >= 0.3 is 0 Å². The van der Waals surface area contributed by atoms with Crippen LogP contribution in [0.1, 0.15) is 43.9 Å². The van der Waals surface area contributed by atoms with Gasteiger partial charge in [0.25, 0.3) is 10.0 Å². The molecular weight excluding hydrogens is 517 g/mol. The largest absolute Gasteiger partial charge is 0.352 e. The molecule has 208 valence electrons. The van der Waals surface area contributed by atoms with Gasteiger partial charge in [0.2, 0.25) is 11.8 Å². The number of amides is 2. The molecule has 2 amide bonds. The minimum Gasteiger partial charge on any atom is -0.352 e. The Labute approximate surface area is 230 Å². The predicted octanol–water partition coefficient (Wildman–Crippen LogP) is 4.97. The Hall–Kier alpha value is -3.72. The Morgan fingerprint density at radius 2 is 1.56 bits per heavy atom. The maximum Gasteiger partial charge on any atom is 0.264 e. The lowest BCUT2D eigenvalue weighted by Gasteiger charge is -2.34. The molecule has 39 heavy (non-hydrogen) atoms. The van der Waals surface area contributed by atoms with Crippen LogP contribution in [0.15, 0.2) is 77.7 Å². The van der Waals surface area contributed by atoms with Gasteiger partial charge in [0.1, 0.15) is 18.4 Å². The first-order chi connectivity index (χ1) is 18.4. The Morgan fingerprint density at radius 1 is 0.923 bits per heavy atom. The van der Waals surface area contributed by atoms with Gasteiger partial charge in [0.15, 0.2) is 0 Å². The third-order valence-electron chi connectivity index (χ3n) is 6.54. The van der Waals surface area contributed by atoms with Gasteiger partial charge in [-0.15, -0.1) is 0 Å². The first kappa shape index (κ1) is 29.8. The van der Waals surface area contributed by atoms with Gasteiger partial charge in [-0.05, 0) is 81.1 Å². The Morgan fingerprint density at radius 3 is 2.15 bits per heavy atom. The van der Waals surface area contributed by atoms with Crippen LogP contribution in [0.2, 0.25) is 0 Å². The van der Waals surface area contributed by atoms with E-state index in [1.54, 1.807) is 49.4 Å². The minimum atomic E-state index is -4.14. The normalized spacial score (nSPS) is 12.2. The number of aryl methyl sites for hydroxylation is 1. The highest BCUT2D eigenvalue weighted by molar-refractivity contribution is 7.92. The number of nitrogens with one attached hydrogen (secondary N) is 1. The van der Waals surface area contributed by atoms with Crippen molar-refractivity contribution >= 4 is 27.5 Å². The molecule has 0 spiro atoms. The Bertz CT molecular complexity index is 1390. The van der Waals surface area contributed by atoms with Crippen LogP contribution in [0.3, 0.4) is 0 Å². The summed E-state index contributed by atoms with van der Waals surface area (Å²) in [7, 11) is -4.14. The van der Waals surface area contributed by atoms with E-state index in [1.807, 2.05) is 33.8 Å². The molecule has 0 unspecified atom stereocenters. The van der Waals surface area contributed by atoms with Crippen molar-refractivity contribution in [2.45, 2.75) is 64.6 Å². The van der Waals surface area contributed by atoms with Crippen molar-refractivity contribution in [3.8, 4) is 0 Å². The van der Waals surface area contributed by atoms with Gasteiger partial charge in [0.05, 0.1) is 10.6 Å². The molecule has 0 aliphatic heterocycles. The number of anilines is 1. The molecule has 0 heterocycles. The second-order valence-corrected chi connectivity index (χ2v) is 11.6. The number of carbonyl (C=O) groups excluding carboxylic acids is 2. The molecule has 0 radical (unpaired) electrons. The van der Waals surface area contributed by atoms with E-state index < -0.39 is 34.3 Å². The second-order valence-electron chi connectivity index (χ2n) is 9.78.